The zero-order valence-corrected chi connectivity index (χ0v) is 11.5. The van der Waals surface area contributed by atoms with Crippen molar-refractivity contribution in [2.75, 3.05) is 7.11 Å². The second-order valence-corrected chi connectivity index (χ2v) is 5.44. The van der Waals surface area contributed by atoms with Crippen molar-refractivity contribution in [1.29, 1.82) is 0 Å². The fourth-order valence-corrected chi connectivity index (χ4v) is 2.70. The van der Waals surface area contributed by atoms with Crippen molar-refractivity contribution in [3.05, 3.63) is 0 Å². The van der Waals surface area contributed by atoms with E-state index in [9.17, 15) is 0 Å². The van der Waals surface area contributed by atoms with Crippen LogP contribution in [0.15, 0.2) is 0 Å². The Bertz CT molecular complexity index is 176. The van der Waals surface area contributed by atoms with Gasteiger partial charge in [-0.3, -0.25) is 0 Å². The highest BCUT2D eigenvalue weighted by atomic mass is 16.5. The monoisotopic (exact) mass is 227 g/mol. The summed E-state index contributed by atoms with van der Waals surface area (Å²) in [5.41, 5.74) is 0. The lowest BCUT2D eigenvalue weighted by Crippen LogP contribution is -2.45. The quantitative estimate of drug-likeness (QED) is 0.727. The molecule has 1 fully saturated rings. The number of hydrogen-bond donors (Lipinski definition) is 1. The van der Waals surface area contributed by atoms with E-state index < -0.39 is 0 Å². The average Bonchev–Trinajstić information content (AvgIpc) is 2.56. The fraction of sp³-hybridized carbons (Fsp3) is 1.00. The molecule has 16 heavy (non-hydrogen) atoms. The minimum atomic E-state index is 0.299. The van der Waals surface area contributed by atoms with Crippen LogP contribution in [-0.2, 0) is 4.74 Å². The normalized spacial score (nSPS) is 24.8. The topological polar surface area (TPSA) is 21.3 Å². The first-order valence-corrected chi connectivity index (χ1v) is 6.94. The van der Waals surface area contributed by atoms with Crippen molar-refractivity contribution >= 4 is 0 Å². The summed E-state index contributed by atoms with van der Waals surface area (Å²) >= 11 is 0. The second-order valence-electron chi connectivity index (χ2n) is 5.44. The van der Waals surface area contributed by atoms with Crippen molar-refractivity contribution in [3.63, 3.8) is 0 Å². The van der Waals surface area contributed by atoms with Gasteiger partial charge in [0.15, 0.2) is 0 Å². The lowest BCUT2D eigenvalue weighted by Gasteiger charge is -2.29. The van der Waals surface area contributed by atoms with Crippen LogP contribution < -0.4 is 5.32 Å². The maximum Gasteiger partial charge on any atom is 0.0693 e. The molecule has 0 bridgehead atoms. The number of ether oxygens (including phenoxy) is 1. The van der Waals surface area contributed by atoms with Gasteiger partial charge in [-0.05, 0) is 39.5 Å². The molecule has 0 radical (unpaired) electrons. The minimum absolute atomic E-state index is 0.299. The molecule has 2 heteroatoms. The number of rotatable bonds is 5. The third kappa shape index (κ3) is 4.42. The third-order valence-electron chi connectivity index (χ3n) is 4.21. The van der Waals surface area contributed by atoms with Crippen LogP contribution in [0, 0.1) is 5.92 Å². The first-order valence-electron chi connectivity index (χ1n) is 6.94. The van der Waals surface area contributed by atoms with Crippen LogP contribution in [0.3, 0.4) is 0 Å². The average molecular weight is 227 g/mol. The summed E-state index contributed by atoms with van der Waals surface area (Å²) in [6, 6.07) is 1.08. The van der Waals surface area contributed by atoms with Gasteiger partial charge >= 0.3 is 0 Å². The standard InChI is InChI=1S/C14H29NO/c1-11(13(3)16-4)15-12(2)14-9-7-5-6-8-10-14/h11-15H,5-10H2,1-4H3/t11?,12-,13?/m1/s1. The van der Waals surface area contributed by atoms with Gasteiger partial charge < -0.3 is 10.1 Å². The minimum Gasteiger partial charge on any atom is -0.380 e. The molecule has 0 spiro atoms. The molecular weight excluding hydrogens is 198 g/mol. The number of hydrogen-bond acceptors (Lipinski definition) is 2. The van der Waals surface area contributed by atoms with Gasteiger partial charge in [0.1, 0.15) is 0 Å². The Labute approximate surface area is 101 Å². The largest absolute Gasteiger partial charge is 0.380 e. The van der Waals surface area contributed by atoms with Gasteiger partial charge in [0.2, 0.25) is 0 Å². The van der Waals surface area contributed by atoms with Gasteiger partial charge in [-0.1, -0.05) is 25.7 Å². The molecule has 2 nitrogen and oxygen atoms in total. The number of nitrogens with one attached hydrogen (secondary N) is 1. The van der Waals surface area contributed by atoms with Gasteiger partial charge in [-0.15, -0.1) is 0 Å². The fourth-order valence-electron chi connectivity index (χ4n) is 2.70. The van der Waals surface area contributed by atoms with Crippen molar-refractivity contribution in [2.24, 2.45) is 5.92 Å². The van der Waals surface area contributed by atoms with Crippen LogP contribution in [0.4, 0.5) is 0 Å². The van der Waals surface area contributed by atoms with Crippen molar-refractivity contribution in [2.45, 2.75) is 77.5 Å². The van der Waals surface area contributed by atoms with Crippen LogP contribution in [0.25, 0.3) is 0 Å². The zero-order valence-electron chi connectivity index (χ0n) is 11.5. The highest BCUT2D eigenvalue weighted by Gasteiger charge is 2.21. The van der Waals surface area contributed by atoms with Crippen LogP contribution in [0.1, 0.15) is 59.3 Å². The molecule has 0 saturated heterocycles. The van der Waals surface area contributed by atoms with Gasteiger partial charge in [-0.25, -0.2) is 0 Å². The molecule has 2 unspecified atom stereocenters. The van der Waals surface area contributed by atoms with E-state index >= 15 is 0 Å². The molecule has 1 N–H and O–H groups in total. The third-order valence-corrected chi connectivity index (χ3v) is 4.21. The number of methoxy groups -OCH3 is 1. The van der Waals surface area contributed by atoms with Gasteiger partial charge in [0, 0.05) is 19.2 Å². The molecule has 3 atom stereocenters. The summed E-state index contributed by atoms with van der Waals surface area (Å²) in [7, 11) is 1.79. The van der Waals surface area contributed by atoms with E-state index in [2.05, 4.69) is 26.1 Å². The summed E-state index contributed by atoms with van der Waals surface area (Å²) in [5.74, 6) is 0.869. The van der Waals surface area contributed by atoms with Crippen molar-refractivity contribution in [3.8, 4) is 0 Å². The van der Waals surface area contributed by atoms with Gasteiger partial charge in [-0.2, -0.15) is 0 Å². The van der Waals surface area contributed by atoms with Crippen LogP contribution >= 0.6 is 0 Å². The predicted octanol–water partition coefficient (Wildman–Crippen LogP) is 3.36. The predicted molar refractivity (Wildman–Crippen MR) is 69.7 cm³/mol. The zero-order chi connectivity index (χ0) is 12.0. The molecule has 0 heterocycles. The Hall–Kier alpha value is -0.0800. The van der Waals surface area contributed by atoms with E-state index in [-0.39, 0.29) is 0 Å². The molecule has 0 aromatic heterocycles. The summed E-state index contributed by atoms with van der Waals surface area (Å²) in [4.78, 5) is 0. The summed E-state index contributed by atoms with van der Waals surface area (Å²) in [6.07, 6.45) is 8.83. The van der Waals surface area contributed by atoms with Crippen molar-refractivity contribution in [1.82, 2.24) is 5.32 Å². The molecule has 1 saturated carbocycles. The van der Waals surface area contributed by atoms with Crippen molar-refractivity contribution < 1.29 is 4.74 Å². The van der Waals surface area contributed by atoms with E-state index in [1.165, 1.54) is 38.5 Å². The molecule has 1 aliphatic rings. The molecule has 96 valence electrons. The Balaban J connectivity index is 2.34. The first kappa shape index (κ1) is 14.0. The van der Waals surface area contributed by atoms with E-state index in [0.717, 1.165) is 5.92 Å². The van der Waals surface area contributed by atoms with Gasteiger partial charge in [0.25, 0.3) is 0 Å². The Kier molecular flexibility index (Phi) is 6.37. The van der Waals surface area contributed by atoms with E-state index in [1.807, 2.05) is 0 Å². The van der Waals surface area contributed by atoms with E-state index in [1.54, 1.807) is 7.11 Å². The Morgan fingerprint density at radius 2 is 1.56 bits per heavy atom. The van der Waals surface area contributed by atoms with Crippen LogP contribution in [0.5, 0.6) is 0 Å². The molecule has 0 aromatic carbocycles. The SMILES string of the molecule is COC(C)C(C)N[C@H](C)C1CCCCCC1. The maximum atomic E-state index is 5.36. The summed E-state index contributed by atoms with van der Waals surface area (Å²) < 4.78 is 5.36. The summed E-state index contributed by atoms with van der Waals surface area (Å²) in [5, 5.41) is 3.70. The maximum absolute atomic E-state index is 5.36. The highest BCUT2D eigenvalue weighted by molar-refractivity contribution is 4.79. The Morgan fingerprint density at radius 3 is 2.06 bits per heavy atom. The second kappa shape index (κ2) is 7.29. The summed E-state index contributed by atoms with van der Waals surface area (Å²) in [6.45, 7) is 6.70. The lowest BCUT2D eigenvalue weighted by atomic mass is 9.92. The van der Waals surface area contributed by atoms with Crippen LogP contribution in [0.2, 0.25) is 0 Å². The molecular formula is C14H29NO. The first-order chi connectivity index (χ1) is 7.65. The Morgan fingerprint density at radius 1 is 1.00 bits per heavy atom. The van der Waals surface area contributed by atoms with Crippen LogP contribution in [-0.4, -0.2) is 25.3 Å². The highest BCUT2D eigenvalue weighted by Crippen LogP contribution is 2.25. The molecule has 1 rings (SSSR count). The molecule has 0 amide bonds. The lowest BCUT2D eigenvalue weighted by molar-refractivity contribution is 0.0811. The smallest absolute Gasteiger partial charge is 0.0693 e. The molecule has 0 aliphatic heterocycles. The molecule has 1 aliphatic carbocycles. The van der Waals surface area contributed by atoms with E-state index in [4.69, 9.17) is 4.74 Å². The van der Waals surface area contributed by atoms with E-state index in [0.29, 0.717) is 18.2 Å². The van der Waals surface area contributed by atoms with Gasteiger partial charge in [0.05, 0.1) is 6.10 Å². The molecule has 0 aromatic rings.